The smallest absolute Gasteiger partial charge is 0.269 e. The summed E-state index contributed by atoms with van der Waals surface area (Å²) in [6.07, 6.45) is 0. The number of carbonyl (C=O) groups excluding carboxylic acids is 1. The quantitative estimate of drug-likeness (QED) is 0.588. The molecule has 0 aliphatic carbocycles. The molecule has 0 unspecified atom stereocenters. The Morgan fingerprint density at radius 1 is 1.67 bits per heavy atom. The summed E-state index contributed by atoms with van der Waals surface area (Å²) < 4.78 is 0. The Balaban J connectivity index is 2.37. The van der Waals surface area contributed by atoms with Gasteiger partial charge in [0.2, 0.25) is 5.91 Å². The molecule has 1 rings (SSSR count). The van der Waals surface area contributed by atoms with E-state index >= 15 is 0 Å². The van der Waals surface area contributed by atoms with Crippen LogP contribution in [0.15, 0.2) is 0 Å². The average Bonchev–Trinajstić information content (AvgIpc) is 2.37. The van der Waals surface area contributed by atoms with Crippen LogP contribution in [0.2, 0.25) is 0 Å². The number of aromatic amines is 1. The van der Waals surface area contributed by atoms with E-state index in [0.717, 1.165) is 0 Å². The maximum Gasteiger partial charge on any atom is 0.269 e. The van der Waals surface area contributed by atoms with Crippen molar-refractivity contribution in [3.8, 4) is 0 Å². The van der Waals surface area contributed by atoms with Gasteiger partial charge in [-0.05, 0) is 19.3 Å². The highest BCUT2D eigenvalue weighted by molar-refractivity contribution is 5.90. The second-order valence-corrected chi connectivity index (χ2v) is 2.52. The summed E-state index contributed by atoms with van der Waals surface area (Å²) in [7, 11) is 3.60. The summed E-state index contributed by atoms with van der Waals surface area (Å²) in [5.41, 5.74) is 0. The number of hydrogen-bond acceptors (Lipinski definition) is 5. The van der Waals surface area contributed by atoms with Crippen molar-refractivity contribution >= 4 is 11.9 Å². The van der Waals surface area contributed by atoms with Gasteiger partial charge >= 0.3 is 0 Å². The molecule has 7 heteroatoms. The highest BCUT2D eigenvalue weighted by atomic mass is 16.2. The van der Waals surface area contributed by atoms with Crippen LogP contribution in [0.1, 0.15) is 0 Å². The Bertz CT molecular complexity index is 242. The number of carbonyl (C=O) groups is 1. The van der Waals surface area contributed by atoms with Crippen molar-refractivity contribution in [3.63, 3.8) is 0 Å². The summed E-state index contributed by atoms with van der Waals surface area (Å²) in [5.74, 6) is 0.0308. The monoisotopic (exact) mass is 170 g/mol. The Hall–Kier alpha value is -1.50. The minimum atomic E-state index is -0.165. The molecule has 0 spiro atoms. The summed E-state index contributed by atoms with van der Waals surface area (Å²) in [4.78, 5) is 12.8. The van der Waals surface area contributed by atoms with Crippen LogP contribution in [0.4, 0.5) is 5.95 Å². The zero-order chi connectivity index (χ0) is 8.97. The highest BCUT2D eigenvalue weighted by Crippen LogP contribution is 1.89. The molecular weight excluding hydrogens is 160 g/mol. The van der Waals surface area contributed by atoms with E-state index in [9.17, 15) is 4.79 Å². The standard InChI is InChI=1S/C5H10N6O/c1-11(2)3-4(12)6-5-7-9-10-8-5/h3H2,1-2H3,(H2,6,7,8,9,10,12). The van der Waals surface area contributed by atoms with Crippen LogP contribution in [-0.2, 0) is 4.79 Å². The molecule has 0 bridgehead atoms. The first-order chi connectivity index (χ1) is 5.68. The molecule has 0 aliphatic heterocycles. The van der Waals surface area contributed by atoms with Crippen molar-refractivity contribution in [2.24, 2.45) is 0 Å². The molecule has 1 heterocycles. The zero-order valence-corrected chi connectivity index (χ0v) is 6.90. The first-order valence-electron chi connectivity index (χ1n) is 3.36. The van der Waals surface area contributed by atoms with E-state index in [1.807, 2.05) is 0 Å². The summed E-state index contributed by atoms with van der Waals surface area (Å²) >= 11 is 0. The van der Waals surface area contributed by atoms with Gasteiger partial charge < -0.3 is 4.90 Å². The third-order valence-corrected chi connectivity index (χ3v) is 1.06. The Kier molecular flexibility index (Phi) is 2.70. The molecule has 12 heavy (non-hydrogen) atoms. The maximum atomic E-state index is 11.0. The first kappa shape index (κ1) is 8.60. The van der Waals surface area contributed by atoms with Gasteiger partial charge in [-0.1, -0.05) is 5.10 Å². The largest absolute Gasteiger partial charge is 0.301 e. The molecule has 1 aromatic heterocycles. The van der Waals surface area contributed by atoms with E-state index in [4.69, 9.17) is 0 Å². The van der Waals surface area contributed by atoms with E-state index in [-0.39, 0.29) is 11.9 Å². The number of nitrogens with one attached hydrogen (secondary N) is 2. The molecule has 0 saturated carbocycles. The van der Waals surface area contributed by atoms with E-state index < -0.39 is 0 Å². The molecule has 0 aromatic carbocycles. The number of nitrogens with zero attached hydrogens (tertiary/aromatic N) is 4. The van der Waals surface area contributed by atoms with E-state index in [1.54, 1.807) is 19.0 Å². The van der Waals surface area contributed by atoms with Crippen LogP contribution in [0, 0.1) is 0 Å². The van der Waals surface area contributed by atoms with E-state index in [0.29, 0.717) is 6.54 Å². The summed E-state index contributed by atoms with van der Waals surface area (Å²) in [6, 6.07) is 0. The van der Waals surface area contributed by atoms with Gasteiger partial charge in [0.15, 0.2) is 0 Å². The minimum absolute atomic E-state index is 0.165. The number of rotatable bonds is 3. The van der Waals surface area contributed by atoms with Gasteiger partial charge in [-0.2, -0.15) is 5.21 Å². The number of H-pyrrole nitrogens is 1. The number of tetrazole rings is 1. The number of anilines is 1. The van der Waals surface area contributed by atoms with Crippen molar-refractivity contribution in [1.29, 1.82) is 0 Å². The second kappa shape index (κ2) is 3.77. The first-order valence-corrected chi connectivity index (χ1v) is 3.36. The third-order valence-electron chi connectivity index (χ3n) is 1.06. The Morgan fingerprint density at radius 3 is 2.92 bits per heavy atom. The normalized spacial score (nSPS) is 10.2. The predicted molar refractivity (Wildman–Crippen MR) is 41.4 cm³/mol. The Labute approximate surface area is 69.1 Å². The molecule has 1 amide bonds. The molecule has 1 aromatic rings. The van der Waals surface area contributed by atoms with Gasteiger partial charge in [0.05, 0.1) is 6.54 Å². The van der Waals surface area contributed by atoms with Crippen LogP contribution >= 0.6 is 0 Å². The van der Waals surface area contributed by atoms with Crippen molar-refractivity contribution in [2.75, 3.05) is 26.0 Å². The molecule has 0 atom stereocenters. The van der Waals surface area contributed by atoms with Gasteiger partial charge in [-0.3, -0.25) is 10.1 Å². The van der Waals surface area contributed by atoms with Gasteiger partial charge in [0, 0.05) is 0 Å². The lowest BCUT2D eigenvalue weighted by Gasteiger charge is -2.06. The van der Waals surface area contributed by atoms with E-state index in [2.05, 4.69) is 25.9 Å². The van der Waals surface area contributed by atoms with Crippen LogP contribution < -0.4 is 5.32 Å². The number of likely N-dealkylation sites (N-methyl/N-ethyl adjacent to an activating group) is 1. The van der Waals surface area contributed by atoms with Crippen LogP contribution in [-0.4, -0.2) is 52.1 Å². The predicted octanol–water partition coefficient (Wildman–Crippen LogP) is -1.30. The van der Waals surface area contributed by atoms with Crippen molar-refractivity contribution in [2.45, 2.75) is 0 Å². The second-order valence-electron chi connectivity index (χ2n) is 2.52. The van der Waals surface area contributed by atoms with E-state index in [1.165, 1.54) is 0 Å². The fourth-order valence-electron chi connectivity index (χ4n) is 0.666. The SMILES string of the molecule is CN(C)CC(=O)Nc1nn[nH]n1. The van der Waals surface area contributed by atoms with Gasteiger partial charge in [0.25, 0.3) is 5.95 Å². The lowest BCUT2D eigenvalue weighted by atomic mass is 10.5. The van der Waals surface area contributed by atoms with Crippen LogP contribution in [0.25, 0.3) is 0 Å². The van der Waals surface area contributed by atoms with Crippen molar-refractivity contribution in [1.82, 2.24) is 25.5 Å². The lowest BCUT2D eigenvalue weighted by Crippen LogP contribution is -2.27. The molecule has 0 saturated heterocycles. The summed E-state index contributed by atoms with van der Waals surface area (Å²) in [5, 5.41) is 15.1. The maximum absolute atomic E-state index is 11.0. The number of hydrogen-bond donors (Lipinski definition) is 2. The van der Waals surface area contributed by atoms with Gasteiger partial charge in [-0.25, -0.2) is 0 Å². The zero-order valence-electron chi connectivity index (χ0n) is 6.90. The third kappa shape index (κ3) is 2.62. The molecule has 7 nitrogen and oxygen atoms in total. The molecule has 66 valence electrons. The fraction of sp³-hybridized carbons (Fsp3) is 0.600. The summed E-state index contributed by atoms with van der Waals surface area (Å²) in [6.45, 7) is 0.300. The molecular formula is C5H10N6O. The minimum Gasteiger partial charge on any atom is -0.301 e. The van der Waals surface area contributed by atoms with Crippen LogP contribution in [0.3, 0.4) is 0 Å². The molecule has 0 radical (unpaired) electrons. The average molecular weight is 170 g/mol. The highest BCUT2D eigenvalue weighted by Gasteiger charge is 2.05. The molecule has 0 aliphatic rings. The number of amides is 1. The molecule has 0 fully saturated rings. The van der Waals surface area contributed by atoms with Gasteiger partial charge in [-0.15, -0.1) is 5.10 Å². The number of aromatic nitrogens is 4. The molecule has 2 N–H and O–H groups in total. The lowest BCUT2D eigenvalue weighted by molar-refractivity contribution is -0.116. The van der Waals surface area contributed by atoms with Crippen molar-refractivity contribution < 1.29 is 4.79 Å². The van der Waals surface area contributed by atoms with Crippen molar-refractivity contribution in [3.05, 3.63) is 0 Å². The topological polar surface area (TPSA) is 86.8 Å². The van der Waals surface area contributed by atoms with Crippen LogP contribution in [0.5, 0.6) is 0 Å². The van der Waals surface area contributed by atoms with Gasteiger partial charge in [0.1, 0.15) is 0 Å². The fourth-order valence-corrected chi connectivity index (χ4v) is 0.666. The Morgan fingerprint density at radius 2 is 2.42 bits per heavy atom.